The summed E-state index contributed by atoms with van der Waals surface area (Å²) >= 11 is 0. The van der Waals surface area contributed by atoms with Crippen LogP contribution >= 0.6 is 0 Å². The van der Waals surface area contributed by atoms with Crippen molar-refractivity contribution in [2.24, 2.45) is 0 Å². The fraction of sp³-hybridized carbons (Fsp3) is 0.0625. The number of nitrogens with one attached hydrogen (secondary N) is 2. The van der Waals surface area contributed by atoms with Crippen LogP contribution in [0.1, 0.15) is 73.3 Å². The molecule has 4 aromatic carbocycles. The fourth-order valence-corrected chi connectivity index (χ4v) is 4.65. The number of carbonyl (C=O) groups excluding carboxylic acids is 4. The average Bonchev–Trinajstić information content (AvgIpc) is 3.23. The Balaban J connectivity index is 1.32. The second-order valence-electron chi connectivity index (χ2n) is 9.83. The molecule has 0 saturated heterocycles. The maximum Gasteiger partial charge on any atom is 0.336 e. The lowest BCUT2D eigenvalue weighted by molar-refractivity contribution is 0.0685. The van der Waals surface area contributed by atoms with Crippen LogP contribution in [0, 0.1) is 13.8 Å². The lowest BCUT2D eigenvalue weighted by Gasteiger charge is -2.14. The number of anilines is 3. The standard InChI is InChI=1S/C32H23N3O8/c1-16-3-8-20(14-24(16)31(40)41)33-27(36)18-5-10-22(11-6-18)35-29(38)23-12-7-19(13-26(23)30(35)39)28(37)34-21-9-4-17(2)25(15-21)32(42)43/h3-15H,1-2H3,(H,33,36)(H,34,37)(H,40,41)(H,42,43). The van der Waals surface area contributed by atoms with Gasteiger partial charge in [0.25, 0.3) is 23.6 Å². The van der Waals surface area contributed by atoms with E-state index in [2.05, 4.69) is 10.6 Å². The maximum absolute atomic E-state index is 13.3. The molecule has 1 aliphatic heterocycles. The highest BCUT2D eigenvalue weighted by Gasteiger charge is 2.37. The molecular formula is C32H23N3O8. The summed E-state index contributed by atoms with van der Waals surface area (Å²) in [7, 11) is 0. The predicted molar refractivity (Wildman–Crippen MR) is 156 cm³/mol. The molecule has 0 unspecified atom stereocenters. The third-order valence-corrected chi connectivity index (χ3v) is 6.99. The van der Waals surface area contributed by atoms with Crippen LogP contribution in [0.2, 0.25) is 0 Å². The van der Waals surface area contributed by atoms with Crippen molar-refractivity contribution in [2.45, 2.75) is 13.8 Å². The van der Waals surface area contributed by atoms with Gasteiger partial charge in [0.15, 0.2) is 0 Å². The lowest BCUT2D eigenvalue weighted by atomic mass is 10.0. The van der Waals surface area contributed by atoms with Gasteiger partial charge in [0, 0.05) is 22.5 Å². The minimum absolute atomic E-state index is 0.0169. The SMILES string of the molecule is Cc1ccc(NC(=O)c2ccc(N3C(=O)c4ccc(C(=O)Nc5ccc(C)c(C(=O)O)c5)cc4C3=O)cc2)cc1C(=O)O. The summed E-state index contributed by atoms with van der Waals surface area (Å²) in [6.07, 6.45) is 0. The molecule has 0 aromatic heterocycles. The van der Waals surface area contributed by atoms with Gasteiger partial charge in [0.05, 0.1) is 27.9 Å². The minimum atomic E-state index is -1.13. The summed E-state index contributed by atoms with van der Waals surface area (Å²) in [5.41, 5.74) is 2.34. The van der Waals surface area contributed by atoms with Crippen molar-refractivity contribution in [3.8, 4) is 0 Å². The first-order chi connectivity index (χ1) is 20.4. The Labute approximate surface area is 244 Å². The number of fused-ring (bicyclic) bond motifs is 1. The third-order valence-electron chi connectivity index (χ3n) is 6.99. The van der Waals surface area contributed by atoms with Crippen LogP contribution in [0.5, 0.6) is 0 Å². The number of benzene rings is 4. The van der Waals surface area contributed by atoms with Crippen LogP contribution in [-0.4, -0.2) is 45.8 Å². The van der Waals surface area contributed by atoms with Gasteiger partial charge in [0.1, 0.15) is 0 Å². The van der Waals surface area contributed by atoms with Crippen LogP contribution in [0.4, 0.5) is 17.1 Å². The van der Waals surface area contributed by atoms with E-state index in [4.69, 9.17) is 0 Å². The number of hydrogen-bond donors (Lipinski definition) is 4. The van der Waals surface area contributed by atoms with Gasteiger partial charge in [-0.2, -0.15) is 0 Å². The molecule has 0 atom stereocenters. The Bertz CT molecular complexity index is 1880. The third kappa shape index (κ3) is 5.46. The topological polar surface area (TPSA) is 170 Å². The molecule has 5 rings (SSSR count). The molecule has 11 nitrogen and oxygen atoms in total. The Morgan fingerprint density at radius 2 is 1.05 bits per heavy atom. The van der Waals surface area contributed by atoms with E-state index < -0.39 is 35.6 Å². The molecule has 43 heavy (non-hydrogen) atoms. The Morgan fingerprint density at radius 1 is 0.581 bits per heavy atom. The molecule has 0 fully saturated rings. The van der Waals surface area contributed by atoms with E-state index in [9.17, 15) is 39.0 Å². The Kier molecular flexibility index (Phi) is 7.31. The quantitative estimate of drug-likeness (QED) is 0.222. The van der Waals surface area contributed by atoms with E-state index in [0.29, 0.717) is 16.8 Å². The molecule has 11 heteroatoms. The maximum atomic E-state index is 13.3. The number of hydrogen-bond acceptors (Lipinski definition) is 6. The molecule has 0 saturated carbocycles. The lowest BCUT2D eigenvalue weighted by Crippen LogP contribution is -2.29. The molecule has 4 amide bonds. The Morgan fingerprint density at radius 3 is 1.56 bits per heavy atom. The molecule has 214 valence electrons. The Hall–Kier alpha value is -6.10. The number of aryl methyl sites for hydroxylation is 2. The van der Waals surface area contributed by atoms with Crippen LogP contribution in [0.3, 0.4) is 0 Å². The van der Waals surface area contributed by atoms with E-state index in [1.165, 1.54) is 54.6 Å². The molecule has 0 radical (unpaired) electrons. The van der Waals surface area contributed by atoms with Gasteiger partial charge in [-0.05, 0) is 91.7 Å². The number of carbonyl (C=O) groups is 6. The van der Waals surface area contributed by atoms with Gasteiger partial charge in [0.2, 0.25) is 0 Å². The zero-order valence-corrected chi connectivity index (χ0v) is 22.8. The normalized spacial score (nSPS) is 12.1. The summed E-state index contributed by atoms with van der Waals surface area (Å²) in [6, 6.07) is 18.7. The second-order valence-corrected chi connectivity index (χ2v) is 9.83. The van der Waals surface area contributed by atoms with E-state index in [1.54, 1.807) is 38.1 Å². The number of nitrogens with zero attached hydrogens (tertiary/aromatic N) is 1. The van der Waals surface area contributed by atoms with Crippen molar-refractivity contribution in [1.29, 1.82) is 0 Å². The zero-order chi connectivity index (χ0) is 31.0. The first-order valence-corrected chi connectivity index (χ1v) is 12.9. The highest BCUT2D eigenvalue weighted by molar-refractivity contribution is 6.35. The molecule has 0 aliphatic carbocycles. The van der Waals surface area contributed by atoms with Gasteiger partial charge in [-0.15, -0.1) is 0 Å². The van der Waals surface area contributed by atoms with E-state index in [0.717, 1.165) is 4.90 Å². The van der Waals surface area contributed by atoms with Crippen molar-refractivity contribution in [3.63, 3.8) is 0 Å². The predicted octanol–water partition coefficient (Wildman–Crippen LogP) is 5.01. The highest BCUT2D eigenvalue weighted by Crippen LogP contribution is 2.30. The van der Waals surface area contributed by atoms with Crippen LogP contribution < -0.4 is 15.5 Å². The van der Waals surface area contributed by atoms with E-state index >= 15 is 0 Å². The number of rotatable bonds is 7. The number of imide groups is 1. The molecule has 4 aromatic rings. The number of aromatic carboxylic acids is 2. The average molecular weight is 578 g/mol. The van der Waals surface area contributed by atoms with Gasteiger partial charge in [-0.3, -0.25) is 19.2 Å². The number of carboxylic acids is 2. The van der Waals surface area contributed by atoms with Crippen LogP contribution in [0.15, 0.2) is 78.9 Å². The van der Waals surface area contributed by atoms with Crippen molar-refractivity contribution in [2.75, 3.05) is 15.5 Å². The minimum Gasteiger partial charge on any atom is -0.478 e. The first kappa shape index (κ1) is 28.4. The molecule has 0 spiro atoms. The number of amides is 4. The number of carboxylic acid groups (broad SMARTS) is 2. The smallest absolute Gasteiger partial charge is 0.336 e. The van der Waals surface area contributed by atoms with Crippen molar-refractivity contribution in [3.05, 3.63) is 123 Å². The van der Waals surface area contributed by atoms with Crippen LogP contribution in [-0.2, 0) is 0 Å². The van der Waals surface area contributed by atoms with Gasteiger partial charge >= 0.3 is 11.9 Å². The summed E-state index contributed by atoms with van der Waals surface area (Å²) in [6.45, 7) is 3.28. The molecular weight excluding hydrogens is 554 g/mol. The summed E-state index contributed by atoms with van der Waals surface area (Å²) < 4.78 is 0. The van der Waals surface area contributed by atoms with Gasteiger partial charge < -0.3 is 20.8 Å². The van der Waals surface area contributed by atoms with Gasteiger partial charge in [-0.25, -0.2) is 14.5 Å². The van der Waals surface area contributed by atoms with Crippen molar-refractivity contribution in [1.82, 2.24) is 0 Å². The fourth-order valence-electron chi connectivity index (χ4n) is 4.65. The molecule has 1 aliphatic rings. The second kappa shape index (κ2) is 11.1. The van der Waals surface area contributed by atoms with E-state index in [1.807, 2.05) is 0 Å². The highest BCUT2D eigenvalue weighted by atomic mass is 16.4. The summed E-state index contributed by atoms with van der Waals surface area (Å²) in [4.78, 5) is 75.7. The molecule has 0 bridgehead atoms. The molecule has 1 heterocycles. The summed E-state index contributed by atoms with van der Waals surface area (Å²) in [5, 5.41) is 23.9. The van der Waals surface area contributed by atoms with Crippen molar-refractivity contribution < 1.29 is 39.0 Å². The van der Waals surface area contributed by atoms with Crippen LogP contribution in [0.25, 0.3) is 0 Å². The van der Waals surface area contributed by atoms with Gasteiger partial charge in [-0.1, -0.05) is 12.1 Å². The summed E-state index contributed by atoms with van der Waals surface area (Å²) in [5.74, 6) is -4.63. The van der Waals surface area contributed by atoms with E-state index in [-0.39, 0.29) is 44.8 Å². The largest absolute Gasteiger partial charge is 0.478 e. The monoisotopic (exact) mass is 577 g/mol. The first-order valence-electron chi connectivity index (χ1n) is 12.9. The zero-order valence-electron chi connectivity index (χ0n) is 22.8. The van der Waals surface area contributed by atoms with Crippen molar-refractivity contribution >= 4 is 52.6 Å². The molecule has 4 N–H and O–H groups in total.